The summed E-state index contributed by atoms with van der Waals surface area (Å²) in [5.74, 6) is 1.07. The lowest BCUT2D eigenvalue weighted by Gasteiger charge is -2.55. The van der Waals surface area contributed by atoms with Crippen molar-refractivity contribution in [3.8, 4) is 5.75 Å². The summed E-state index contributed by atoms with van der Waals surface area (Å²) < 4.78 is 0. The van der Waals surface area contributed by atoms with Gasteiger partial charge < -0.3 is 26.8 Å². The van der Waals surface area contributed by atoms with Gasteiger partial charge in [0.05, 0.1) is 17.8 Å². The molecular formula is C43H64N6O4. The molecule has 0 radical (unpaired) electrons. The number of carbonyl (C=O) groups is 3. The molecule has 2 bridgehead atoms. The van der Waals surface area contributed by atoms with Gasteiger partial charge in [-0.25, -0.2) is 0 Å². The van der Waals surface area contributed by atoms with Gasteiger partial charge in [0.1, 0.15) is 11.8 Å². The van der Waals surface area contributed by atoms with E-state index in [0.29, 0.717) is 37.2 Å². The van der Waals surface area contributed by atoms with E-state index < -0.39 is 11.5 Å². The molecule has 1 saturated carbocycles. The highest BCUT2D eigenvalue weighted by molar-refractivity contribution is 5.95. The Morgan fingerprint density at radius 2 is 1.83 bits per heavy atom. The van der Waals surface area contributed by atoms with Crippen molar-refractivity contribution in [2.45, 2.75) is 122 Å². The maximum Gasteiger partial charge on any atom is 0.242 e. The quantitative estimate of drug-likeness (QED) is 0.0748. The van der Waals surface area contributed by atoms with Crippen LogP contribution in [0.4, 0.5) is 0 Å². The van der Waals surface area contributed by atoms with Crippen molar-refractivity contribution in [1.82, 2.24) is 20.9 Å². The number of rotatable bonds is 19. The van der Waals surface area contributed by atoms with Crippen LogP contribution < -0.4 is 21.7 Å². The lowest BCUT2D eigenvalue weighted by Crippen LogP contribution is -2.58. The van der Waals surface area contributed by atoms with Crippen LogP contribution in [0.3, 0.4) is 0 Å². The van der Waals surface area contributed by atoms with Crippen molar-refractivity contribution in [2.24, 2.45) is 28.5 Å². The maximum atomic E-state index is 14.1. The standard InChI is InChI=1S/C43H64N6O4/c1-6-7-16-38(44)45-20-12-9-13-21-46-40(52)36(23-29(2)3)48-39(51)27-47-41(53)43(32-14-10-8-11-15-32)26-33(43)28-49-22-19-42(5)30(4)37(49)24-31-17-18-34(50)25-35(31)42/h8,10-11,14-15,17-18,25,29-30,33,36-37,50H,6-7,9,12-13,16,19-24,26-28H2,1-5H3,(H2,44,45)(H,46,52)(H,47,53)(H,48,51)/t30-,33-,36-,37+,42-,43+/m0/s1. The number of hydrogen-bond donors (Lipinski definition) is 5. The molecule has 53 heavy (non-hydrogen) atoms. The Balaban J connectivity index is 1.14. The van der Waals surface area contributed by atoms with Crippen molar-refractivity contribution < 1.29 is 19.5 Å². The third kappa shape index (κ3) is 9.61. The van der Waals surface area contributed by atoms with Crippen LogP contribution in [0, 0.1) is 17.8 Å². The molecule has 5 rings (SSSR count). The molecule has 2 aromatic carbocycles. The molecule has 1 saturated heterocycles. The van der Waals surface area contributed by atoms with Crippen LogP contribution in [0.15, 0.2) is 53.5 Å². The van der Waals surface area contributed by atoms with Crippen LogP contribution >= 0.6 is 0 Å². The number of phenolic OH excluding ortho intramolecular Hbond substituents is 1. The molecule has 0 unspecified atom stereocenters. The van der Waals surface area contributed by atoms with Gasteiger partial charge in [0.25, 0.3) is 0 Å². The van der Waals surface area contributed by atoms with E-state index in [9.17, 15) is 19.5 Å². The molecule has 2 aromatic rings. The topological polar surface area (TPSA) is 149 Å². The molecule has 10 heteroatoms. The number of unbranched alkanes of at least 4 members (excludes halogenated alkanes) is 3. The molecule has 3 amide bonds. The molecule has 1 heterocycles. The third-order valence-electron chi connectivity index (χ3n) is 12.4. The van der Waals surface area contributed by atoms with E-state index in [4.69, 9.17) is 5.73 Å². The number of aliphatic imine (C=N–C) groups is 1. The molecule has 2 aliphatic carbocycles. The van der Waals surface area contributed by atoms with Crippen LogP contribution in [0.2, 0.25) is 0 Å². The van der Waals surface area contributed by atoms with Gasteiger partial charge in [0.15, 0.2) is 0 Å². The number of nitrogens with zero attached hydrogens (tertiary/aromatic N) is 2. The monoisotopic (exact) mass is 728 g/mol. The number of phenols is 1. The number of nitrogens with two attached hydrogens (primary N) is 1. The fourth-order valence-corrected chi connectivity index (χ4v) is 8.93. The number of carbonyl (C=O) groups excluding carboxylic acids is 3. The van der Waals surface area contributed by atoms with Gasteiger partial charge in [-0.2, -0.15) is 0 Å². The first-order valence-electron chi connectivity index (χ1n) is 20.1. The summed E-state index contributed by atoms with van der Waals surface area (Å²) in [5, 5.41) is 19.1. The van der Waals surface area contributed by atoms with Crippen LogP contribution in [0.25, 0.3) is 0 Å². The first kappa shape index (κ1) is 40.3. The molecular weight excluding hydrogens is 665 g/mol. The minimum Gasteiger partial charge on any atom is -0.508 e. The SMILES string of the molecule is CCCCC(N)=NCCCCCNC(=O)[C@H](CC(C)C)NC(=O)CNC(=O)[C@@]1(c2ccccc2)C[C@H]1CN1CC[C@]2(C)c3cc(O)ccc3C[C@@H]1[C@@H]2C. The molecule has 0 aromatic heterocycles. The molecule has 0 spiro atoms. The first-order valence-corrected chi connectivity index (χ1v) is 20.1. The zero-order chi connectivity index (χ0) is 38.2. The Kier molecular flexibility index (Phi) is 13.6. The van der Waals surface area contributed by atoms with Crippen molar-refractivity contribution in [1.29, 1.82) is 0 Å². The molecule has 6 N–H and O–H groups in total. The van der Waals surface area contributed by atoms with Crippen molar-refractivity contribution in [2.75, 3.05) is 32.7 Å². The number of amides is 3. The summed E-state index contributed by atoms with van der Waals surface area (Å²) in [4.78, 5) is 47.5. The minimum atomic E-state index is -0.703. The van der Waals surface area contributed by atoms with E-state index in [0.717, 1.165) is 82.3 Å². The fourth-order valence-electron chi connectivity index (χ4n) is 8.93. The van der Waals surface area contributed by atoms with E-state index in [1.807, 2.05) is 50.2 Å². The lowest BCUT2D eigenvalue weighted by molar-refractivity contribution is -0.130. The predicted molar refractivity (Wildman–Crippen MR) is 212 cm³/mol. The van der Waals surface area contributed by atoms with Crippen molar-refractivity contribution in [3.63, 3.8) is 0 Å². The van der Waals surface area contributed by atoms with Crippen molar-refractivity contribution in [3.05, 3.63) is 65.2 Å². The summed E-state index contributed by atoms with van der Waals surface area (Å²) in [6.07, 6.45) is 8.82. The number of benzene rings is 2. The largest absolute Gasteiger partial charge is 0.508 e. The second kappa shape index (κ2) is 17.9. The molecule has 2 fully saturated rings. The second-order valence-corrected chi connectivity index (χ2v) is 16.6. The number of piperidine rings is 1. The molecule has 1 aliphatic heterocycles. The summed E-state index contributed by atoms with van der Waals surface area (Å²) in [5.41, 5.74) is 8.81. The van der Waals surface area contributed by atoms with Gasteiger partial charge >= 0.3 is 0 Å². The fraction of sp³-hybridized carbons (Fsp3) is 0.628. The van der Waals surface area contributed by atoms with Gasteiger partial charge in [-0.1, -0.05) is 77.4 Å². The summed E-state index contributed by atoms with van der Waals surface area (Å²) in [6.45, 7) is 13.7. The average molecular weight is 729 g/mol. The summed E-state index contributed by atoms with van der Waals surface area (Å²) in [7, 11) is 0. The highest BCUT2D eigenvalue weighted by Crippen LogP contribution is 2.56. The zero-order valence-electron chi connectivity index (χ0n) is 32.8. The second-order valence-electron chi connectivity index (χ2n) is 16.6. The minimum absolute atomic E-state index is 0.000845. The van der Waals surface area contributed by atoms with Gasteiger partial charge in [-0.3, -0.25) is 24.3 Å². The summed E-state index contributed by atoms with van der Waals surface area (Å²) in [6, 6.07) is 15.5. The van der Waals surface area contributed by atoms with Crippen molar-refractivity contribution >= 4 is 23.6 Å². The average Bonchev–Trinajstić information content (AvgIpc) is 3.87. The van der Waals surface area contributed by atoms with E-state index >= 15 is 0 Å². The van der Waals surface area contributed by atoms with Crippen LogP contribution in [0.1, 0.15) is 109 Å². The first-order chi connectivity index (χ1) is 25.4. The molecule has 290 valence electrons. The van der Waals surface area contributed by atoms with E-state index in [1.54, 1.807) is 6.07 Å². The van der Waals surface area contributed by atoms with Gasteiger partial charge in [-0.15, -0.1) is 0 Å². The normalized spacial score (nSPS) is 25.7. The van der Waals surface area contributed by atoms with Crippen LogP contribution in [-0.2, 0) is 31.6 Å². The third-order valence-corrected chi connectivity index (χ3v) is 12.4. The van der Waals surface area contributed by atoms with Gasteiger partial charge in [0, 0.05) is 32.1 Å². The Morgan fingerprint density at radius 3 is 2.57 bits per heavy atom. The van der Waals surface area contributed by atoms with Gasteiger partial charge in [-0.05, 0) is 110 Å². The Morgan fingerprint density at radius 1 is 1.06 bits per heavy atom. The zero-order valence-corrected chi connectivity index (χ0v) is 32.8. The summed E-state index contributed by atoms with van der Waals surface area (Å²) >= 11 is 0. The number of likely N-dealkylation sites (tertiary alicyclic amines) is 1. The van der Waals surface area contributed by atoms with Gasteiger partial charge in [0.2, 0.25) is 17.7 Å². The number of fused-ring (bicyclic) bond motifs is 4. The molecule has 10 nitrogen and oxygen atoms in total. The maximum absolute atomic E-state index is 14.1. The van der Waals surface area contributed by atoms with E-state index in [1.165, 1.54) is 11.1 Å². The Bertz CT molecular complexity index is 1600. The number of nitrogens with one attached hydrogen (secondary N) is 3. The number of amidine groups is 1. The highest BCUT2D eigenvalue weighted by Gasteiger charge is 2.62. The smallest absolute Gasteiger partial charge is 0.242 e. The Hall–Kier alpha value is -3.92. The van der Waals surface area contributed by atoms with Crippen LogP contribution in [-0.4, -0.2) is 78.4 Å². The highest BCUT2D eigenvalue weighted by atomic mass is 16.3. The van der Waals surface area contributed by atoms with Crippen LogP contribution in [0.5, 0.6) is 5.75 Å². The number of aromatic hydroxyl groups is 1. The Labute approximate surface area is 317 Å². The van der Waals surface area contributed by atoms with E-state index in [2.05, 4.69) is 52.7 Å². The predicted octanol–water partition coefficient (Wildman–Crippen LogP) is 5.36. The number of hydrogen-bond acceptors (Lipinski definition) is 6. The molecule has 3 aliphatic rings. The molecule has 6 atom stereocenters. The lowest BCUT2D eigenvalue weighted by atomic mass is 9.59. The van der Waals surface area contributed by atoms with E-state index in [-0.39, 0.29) is 41.5 Å².